The summed E-state index contributed by atoms with van der Waals surface area (Å²) in [5, 5.41) is 1.09. The van der Waals surface area contributed by atoms with Crippen LogP contribution in [-0.2, 0) is 0 Å². The van der Waals surface area contributed by atoms with Gasteiger partial charge in [0.25, 0.3) is 0 Å². The highest BCUT2D eigenvalue weighted by Gasteiger charge is 2.30. The molecule has 2 aromatic heterocycles. The lowest BCUT2D eigenvalue weighted by atomic mass is 9.86. The Morgan fingerprint density at radius 2 is 1.96 bits per heavy atom. The molecule has 0 unspecified atom stereocenters. The minimum Gasteiger partial charge on any atom is -0.342 e. The third kappa shape index (κ3) is 3.63. The van der Waals surface area contributed by atoms with Crippen LogP contribution in [0.3, 0.4) is 0 Å². The minimum atomic E-state index is -0.0519. The molecule has 1 aliphatic heterocycles. The molecule has 5 nitrogen and oxygen atoms in total. The molecular weight excluding hydrogens is 401 g/mol. The molecule has 0 saturated carbocycles. The zero-order chi connectivity index (χ0) is 19.0. The Hall–Kier alpha value is -1.47. The molecule has 0 bridgehead atoms. The number of imidazole rings is 1. The summed E-state index contributed by atoms with van der Waals surface area (Å²) in [6, 6.07) is 5.62. The number of halogens is 2. The van der Waals surface area contributed by atoms with Crippen molar-refractivity contribution in [1.82, 2.24) is 14.4 Å². The van der Waals surface area contributed by atoms with E-state index >= 15 is 0 Å². The molecule has 0 spiro atoms. The number of fused-ring (bicyclic) bond motifs is 1. The van der Waals surface area contributed by atoms with E-state index < -0.39 is 0 Å². The Kier molecular flexibility index (Phi) is 5.25. The van der Waals surface area contributed by atoms with Gasteiger partial charge in [-0.3, -0.25) is 4.40 Å². The number of benzene rings is 1. The van der Waals surface area contributed by atoms with Gasteiger partial charge in [-0.2, -0.15) is 0 Å². The predicted octanol–water partition coefficient (Wildman–Crippen LogP) is 4.90. The predicted molar refractivity (Wildman–Crippen MR) is 112 cm³/mol. The van der Waals surface area contributed by atoms with Crippen molar-refractivity contribution in [3.63, 3.8) is 0 Å². The first-order valence-corrected chi connectivity index (χ1v) is 10.6. The summed E-state index contributed by atoms with van der Waals surface area (Å²) in [5.41, 5.74) is 7.25. The number of rotatable bonds is 4. The van der Waals surface area contributed by atoms with E-state index in [0.29, 0.717) is 10.0 Å². The average molecular weight is 422 g/mol. The standard InChI is InChI=1S/C19H21Cl2N5S/c1-2-19(22)6-9-25(10-7-19)18-24-12-15(17-23-8-11-26(17)18)27-14-5-3-4-13(20)16(14)21/h3-5,8,11-12H,2,6-7,9-10,22H2,1H3. The molecule has 0 aliphatic carbocycles. The molecule has 1 fully saturated rings. The van der Waals surface area contributed by atoms with Crippen LogP contribution < -0.4 is 10.6 Å². The van der Waals surface area contributed by atoms with Crippen LogP contribution in [0.15, 0.2) is 46.6 Å². The number of aromatic nitrogens is 3. The van der Waals surface area contributed by atoms with E-state index in [2.05, 4.69) is 16.8 Å². The fraction of sp³-hybridized carbons (Fsp3) is 0.368. The Bertz CT molecular complexity index is 966. The molecule has 27 heavy (non-hydrogen) atoms. The summed E-state index contributed by atoms with van der Waals surface area (Å²) < 4.78 is 2.04. The van der Waals surface area contributed by atoms with Gasteiger partial charge in [0.15, 0.2) is 5.65 Å². The zero-order valence-electron chi connectivity index (χ0n) is 15.0. The van der Waals surface area contributed by atoms with Gasteiger partial charge in [-0.05, 0) is 31.4 Å². The van der Waals surface area contributed by atoms with Crippen molar-refractivity contribution in [2.24, 2.45) is 5.73 Å². The monoisotopic (exact) mass is 421 g/mol. The van der Waals surface area contributed by atoms with Gasteiger partial charge in [0.2, 0.25) is 5.95 Å². The van der Waals surface area contributed by atoms with Gasteiger partial charge in [0.1, 0.15) is 0 Å². The van der Waals surface area contributed by atoms with Crippen molar-refractivity contribution in [2.75, 3.05) is 18.0 Å². The first kappa shape index (κ1) is 18.9. The summed E-state index contributed by atoms with van der Waals surface area (Å²) in [4.78, 5) is 13.4. The normalized spacial score (nSPS) is 16.8. The fourth-order valence-corrected chi connectivity index (χ4v) is 4.78. The average Bonchev–Trinajstić information content (AvgIpc) is 3.17. The number of nitrogens with zero attached hydrogens (tertiary/aromatic N) is 4. The van der Waals surface area contributed by atoms with Gasteiger partial charge in [0, 0.05) is 42.1 Å². The van der Waals surface area contributed by atoms with Crippen molar-refractivity contribution >= 4 is 46.6 Å². The minimum absolute atomic E-state index is 0.0519. The summed E-state index contributed by atoms with van der Waals surface area (Å²) >= 11 is 14.0. The second kappa shape index (κ2) is 7.51. The molecule has 4 rings (SSSR count). The van der Waals surface area contributed by atoms with E-state index in [1.54, 1.807) is 12.3 Å². The van der Waals surface area contributed by atoms with Crippen LogP contribution in [-0.4, -0.2) is 33.0 Å². The van der Waals surface area contributed by atoms with E-state index in [0.717, 1.165) is 53.7 Å². The van der Waals surface area contributed by atoms with Crippen molar-refractivity contribution in [3.05, 3.63) is 46.8 Å². The zero-order valence-corrected chi connectivity index (χ0v) is 17.4. The first-order valence-electron chi connectivity index (χ1n) is 8.98. The van der Waals surface area contributed by atoms with Crippen LogP contribution in [0.5, 0.6) is 0 Å². The molecule has 3 aromatic rings. The van der Waals surface area contributed by atoms with Gasteiger partial charge in [-0.25, -0.2) is 9.97 Å². The van der Waals surface area contributed by atoms with Crippen molar-refractivity contribution in [1.29, 1.82) is 0 Å². The second-order valence-electron chi connectivity index (χ2n) is 6.90. The molecule has 0 amide bonds. The molecule has 1 aliphatic rings. The molecule has 142 valence electrons. The van der Waals surface area contributed by atoms with Crippen molar-refractivity contribution < 1.29 is 0 Å². The lowest BCUT2D eigenvalue weighted by Crippen LogP contribution is -2.50. The first-order chi connectivity index (χ1) is 13.0. The Morgan fingerprint density at radius 1 is 1.19 bits per heavy atom. The topological polar surface area (TPSA) is 59.5 Å². The van der Waals surface area contributed by atoms with E-state index in [1.807, 2.05) is 28.9 Å². The lowest BCUT2D eigenvalue weighted by molar-refractivity contribution is 0.321. The number of nitrogens with two attached hydrogens (primary N) is 1. The Balaban J connectivity index is 1.64. The Labute approximate surface area is 172 Å². The maximum Gasteiger partial charge on any atom is 0.211 e. The smallest absolute Gasteiger partial charge is 0.211 e. The summed E-state index contributed by atoms with van der Waals surface area (Å²) in [5.74, 6) is 0.905. The highest BCUT2D eigenvalue weighted by atomic mass is 35.5. The largest absolute Gasteiger partial charge is 0.342 e. The number of piperidine rings is 1. The molecule has 2 N–H and O–H groups in total. The molecule has 3 heterocycles. The summed E-state index contributed by atoms with van der Waals surface area (Å²) in [6.07, 6.45) is 8.55. The van der Waals surface area contributed by atoms with Crippen molar-refractivity contribution in [3.8, 4) is 0 Å². The third-order valence-corrected chi connectivity index (χ3v) is 7.26. The highest BCUT2D eigenvalue weighted by molar-refractivity contribution is 7.99. The summed E-state index contributed by atoms with van der Waals surface area (Å²) in [7, 11) is 0. The quantitative estimate of drug-likeness (QED) is 0.649. The highest BCUT2D eigenvalue weighted by Crippen LogP contribution is 2.39. The van der Waals surface area contributed by atoms with Crippen molar-refractivity contribution in [2.45, 2.75) is 41.5 Å². The molecule has 8 heteroatoms. The fourth-order valence-electron chi connectivity index (χ4n) is 3.38. The number of hydrogen-bond donors (Lipinski definition) is 1. The van der Waals surface area contributed by atoms with Crippen LogP contribution >= 0.6 is 35.0 Å². The third-order valence-electron chi connectivity index (χ3n) is 5.26. The summed E-state index contributed by atoms with van der Waals surface area (Å²) in [6.45, 7) is 3.96. The maximum atomic E-state index is 6.43. The lowest BCUT2D eigenvalue weighted by Gasteiger charge is -2.39. The molecular formula is C19H21Cl2N5S. The number of hydrogen-bond acceptors (Lipinski definition) is 5. The van der Waals surface area contributed by atoms with Crippen LogP contribution in [0.4, 0.5) is 5.95 Å². The van der Waals surface area contributed by atoms with Gasteiger partial charge in [0.05, 0.1) is 14.9 Å². The van der Waals surface area contributed by atoms with Crippen LogP contribution in [0.25, 0.3) is 5.65 Å². The molecule has 0 atom stereocenters. The van der Waals surface area contributed by atoms with Gasteiger partial charge in [-0.1, -0.05) is 48.0 Å². The van der Waals surface area contributed by atoms with Crippen LogP contribution in [0.1, 0.15) is 26.2 Å². The van der Waals surface area contributed by atoms with E-state index in [4.69, 9.17) is 33.9 Å². The Morgan fingerprint density at radius 3 is 2.70 bits per heavy atom. The molecule has 1 saturated heterocycles. The van der Waals surface area contributed by atoms with E-state index in [9.17, 15) is 0 Å². The van der Waals surface area contributed by atoms with Gasteiger partial charge in [-0.15, -0.1) is 0 Å². The van der Waals surface area contributed by atoms with Crippen LogP contribution in [0.2, 0.25) is 10.0 Å². The van der Waals surface area contributed by atoms with E-state index in [1.165, 1.54) is 11.8 Å². The van der Waals surface area contributed by atoms with Gasteiger partial charge < -0.3 is 10.6 Å². The number of anilines is 1. The van der Waals surface area contributed by atoms with Gasteiger partial charge >= 0.3 is 0 Å². The van der Waals surface area contributed by atoms with E-state index in [-0.39, 0.29) is 5.54 Å². The molecule has 0 radical (unpaired) electrons. The molecule has 1 aromatic carbocycles. The SMILES string of the molecule is CCC1(N)CCN(c2ncc(Sc3cccc(Cl)c3Cl)c3nccn23)CC1. The second-order valence-corrected chi connectivity index (χ2v) is 8.77. The maximum absolute atomic E-state index is 6.43. The van der Waals surface area contributed by atoms with Crippen LogP contribution in [0, 0.1) is 0 Å².